The third kappa shape index (κ3) is 4.30. The predicted molar refractivity (Wildman–Crippen MR) is 94.3 cm³/mol. The van der Waals surface area contributed by atoms with Crippen LogP contribution in [0.15, 0.2) is 29.6 Å². The minimum absolute atomic E-state index is 0.550. The Morgan fingerprint density at radius 3 is 2.43 bits per heavy atom. The Balaban J connectivity index is 1.61. The molecule has 23 heavy (non-hydrogen) atoms. The summed E-state index contributed by atoms with van der Waals surface area (Å²) in [7, 11) is -3.07. The lowest BCUT2D eigenvalue weighted by Gasteiger charge is -2.32. The van der Waals surface area contributed by atoms with Crippen molar-refractivity contribution in [1.82, 2.24) is 14.2 Å². The van der Waals surface area contributed by atoms with Gasteiger partial charge in [0.2, 0.25) is 10.0 Å². The highest BCUT2D eigenvalue weighted by atomic mass is 35.5. The summed E-state index contributed by atoms with van der Waals surface area (Å²) in [6, 6.07) is 7.65. The van der Waals surface area contributed by atoms with Crippen LogP contribution in [0.3, 0.4) is 0 Å². The van der Waals surface area contributed by atoms with E-state index in [9.17, 15) is 8.42 Å². The molecule has 0 unspecified atom stereocenters. The molecule has 0 bridgehead atoms. The van der Waals surface area contributed by atoms with E-state index in [-0.39, 0.29) is 0 Å². The van der Waals surface area contributed by atoms with Gasteiger partial charge in [-0.05, 0) is 12.1 Å². The maximum Gasteiger partial charge on any atom is 0.211 e. The average molecular weight is 372 g/mol. The monoisotopic (exact) mass is 371 g/mol. The summed E-state index contributed by atoms with van der Waals surface area (Å²) in [5.41, 5.74) is 2.01. The van der Waals surface area contributed by atoms with Crippen LogP contribution < -0.4 is 0 Å². The zero-order valence-corrected chi connectivity index (χ0v) is 15.2. The Labute approximate surface area is 145 Å². The van der Waals surface area contributed by atoms with Crippen LogP contribution in [0.5, 0.6) is 0 Å². The first kappa shape index (κ1) is 16.9. The summed E-state index contributed by atoms with van der Waals surface area (Å²) < 4.78 is 24.6. The molecule has 0 atom stereocenters. The number of hydrogen-bond donors (Lipinski definition) is 0. The van der Waals surface area contributed by atoms with Gasteiger partial charge < -0.3 is 0 Å². The molecule has 1 aliphatic rings. The van der Waals surface area contributed by atoms with E-state index in [2.05, 4.69) is 9.88 Å². The number of sulfonamides is 1. The Morgan fingerprint density at radius 1 is 1.17 bits per heavy atom. The molecule has 0 radical (unpaired) electrons. The molecule has 1 fully saturated rings. The fourth-order valence-corrected chi connectivity index (χ4v) is 4.34. The summed E-state index contributed by atoms with van der Waals surface area (Å²) in [5, 5.41) is 3.81. The minimum atomic E-state index is -3.07. The second-order valence-corrected chi connectivity index (χ2v) is 8.93. The molecule has 1 aliphatic heterocycles. The van der Waals surface area contributed by atoms with Gasteiger partial charge >= 0.3 is 0 Å². The third-order valence-corrected chi connectivity index (χ3v) is 6.24. The van der Waals surface area contributed by atoms with Gasteiger partial charge in [-0.2, -0.15) is 4.31 Å². The number of piperazine rings is 1. The molecular formula is C15H18ClN3O2S2. The Hall–Kier alpha value is -0.990. The lowest BCUT2D eigenvalue weighted by Crippen LogP contribution is -2.47. The maximum atomic E-state index is 11.5. The Morgan fingerprint density at radius 2 is 1.83 bits per heavy atom. The quantitative estimate of drug-likeness (QED) is 0.828. The van der Waals surface area contributed by atoms with Crippen LogP contribution in [0, 0.1) is 0 Å². The first-order chi connectivity index (χ1) is 10.9. The fourth-order valence-electron chi connectivity index (χ4n) is 2.55. The molecule has 0 saturated carbocycles. The maximum absolute atomic E-state index is 11.5. The zero-order chi connectivity index (χ0) is 16.4. The summed E-state index contributed by atoms with van der Waals surface area (Å²) in [6.45, 7) is 3.34. The van der Waals surface area contributed by atoms with Crippen LogP contribution >= 0.6 is 22.9 Å². The standard InChI is InChI=1S/C15H18ClN3O2S2/c1-23(20,21)19-8-6-18(7-9-19)10-15-17-14(11-22-15)12-2-4-13(16)5-3-12/h2-5,11H,6-10H2,1H3. The van der Waals surface area contributed by atoms with Crippen molar-refractivity contribution in [3.8, 4) is 11.3 Å². The molecule has 124 valence electrons. The van der Waals surface area contributed by atoms with Crippen molar-refractivity contribution in [2.45, 2.75) is 6.54 Å². The van der Waals surface area contributed by atoms with Crippen molar-refractivity contribution in [3.63, 3.8) is 0 Å². The lowest BCUT2D eigenvalue weighted by atomic mass is 10.2. The molecular weight excluding hydrogens is 354 g/mol. The van der Waals surface area contributed by atoms with Crippen LogP contribution in [0.1, 0.15) is 5.01 Å². The van der Waals surface area contributed by atoms with E-state index >= 15 is 0 Å². The van der Waals surface area contributed by atoms with Gasteiger partial charge in [-0.3, -0.25) is 4.90 Å². The van der Waals surface area contributed by atoms with E-state index in [1.165, 1.54) is 10.6 Å². The summed E-state index contributed by atoms with van der Waals surface area (Å²) in [5.74, 6) is 0. The van der Waals surface area contributed by atoms with E-state index < -0.39 is 10.0 Å². The van der Waals surface area contributed by atoms with E-state index in [0.717, 1.165) is 35.9 Å². The van der Waals surface area contributed by atoms with Crippen LogP contribution in [0.25, 0.3) is 11.3 Å². The van der Waals surface area contributed by atoms with Crippen LogP contribution in [0.2, 0.25) is 5.02 Å². The first-order valence-corrected chi connectivity index (χ1v) is 10.4. The van der Waals surface area contributed by atoms with E-state index in [1.807, 2.05) is 29.6 Å². The fraction of sp³-hybridized carbons (Fsp3) is 0.400. The summed E-state index contributed by atoms with van der Waals surface area (Å²) in [4.78, 5) is 6.92. The molecule has 0 spiro atoms. The van der Waals surface area contributed by atoms with Crippen molar-refractivity contribution in [3.05, 3.63) is 39.7 Å². The van der Waals surface area contributed by atoms with Crippen molar-refractivity contribution < 1.29 is 8.42 Å². The van der Waals surface area contributed by atoms with Crippen LogP contribution in [-0.2, 0) is 16.6 Å². The highest BCUT2D eigenvalue weighted by molar-refractivity contribution is 7.88. The van der Waals surface area contributed by atoms with Gasteiger partial charge in [-0.1, -0.05) is 23.7 Å². The van der Waals surface area contributed by atoms with Gasteiger partial charge in [0.1, 0.15) is 5.01 Å². The van der Waals surface area contributed by atoms with Gasteiger partial charge in [-0.25, -0.2) is 13.4 Å². The van der Waals surface area contributed by atoms with Crippen molar-refractivity contribution in [2.24, 2.45) is 0 Å². The van der Waals surface area contributed by atoms with E-state index in [4.69, 9.17) is 11.6 Å². The average Bonchev–Trinajstić information content (AvgIpc) is 2.96. The normalized spacial score (nSPS) is 17.5. The molecule has 8 heteroatoms. The number of benzene rings is 1. The molecule has 3 rings (SSSR count). The first-order valence-electron chi connectivity index (χ1n) is 7.29. The number of hydrogen-bond acceptors (Lipinski definition) is 5. The molecule has 0 amide bonds. The van der Waals surface area contributed by atoms with Gasteiger partial charge in [0, 0.05) is 42.1 Å². The molecule has 1 aromatic heterocycles. The Kier molecular flexibility index (Phi) is 5.03. The highest BCUT2D eigenvalue weighted by Gasteiger charge is 2.23. The molecule has 2 aromatic rings. The van der Waals surface area contributed by atoms with Crippen molar-refractivity contribution in [1.29, 1.82) is 0 Å². The van der Waals surface area contributed by atoms with E-state index in [0.29, 0.717) is 18.1 Å². The summed E-state index contributed by atoms with van der Waals surface area (Å²) in [6.07, 6.45) is 1.27. The molecule has 0 aliphatic carbocycles. The molecule has 1 saturated heterocycles. The van der Waals surface area contributed by atoms with Crippen molar-refractivity contribution >= 4 is 33.0 Å². The van der Waals surface area contributed by atoms with Crippen LogP contribution in [-0.4, -0.2) is 55.0 Å². The molecule has 5 nitrogen and oxygen atoms in total. The second-order valence-electron chi connectivity index (χ2n) is 5.57. The smallest absolute Gasteiger partial charge is 0.211 e. The Bertz CT molecular complexity index is 766. The third-order valence-electron chi connectivity index (χ3n) is 3.85. The highest BCUT2D eigenvalue weighted by Crippen LogP contribution is 2.24. The minimum Gasteiger partial charge on any atom is -0.294 e. The topological polar surface area (TPSA) is 53.5 Å². The number of aromatic nitrogens is 1. The van der Waals surface area contributed by atoms with Gasteiger partial charge in [0.25, 0.3) is 0 Å². The van der Waals surface area contributed by atoms with Crippen LogP contribution in [0.4, 0.5) is 0 Å². The second kappa shape index (κ2) is 6.86. The van der Waals surface area contributed by atoms with Gasteiger partial charge in [0.05, 0.1) is 18.5 Å². The predicted octanol–water partition coefficient (Wildman–Crippen LogP) is 2.54. The molecule has 0 N–H and O–H groups in total. The molecule has 2 heterocycles. The zero-order valence-electron chi connectivity index (χ0n) is 12.8. The SMILES string of the molecule is CS(=O)(=O)N1CCN(Cc2nc(-c3ccc(Cl)cc3)cs2)CC1. The lowest BCUT2D eigenvalue weighted by molar-refractivity contribution is 0.182. The number of thiazole rings is 1. The van der Waals surface area contributed by atoms with Gasteiger partial charge in [-0.15, -0.1) is 11.3 Å². The largest absolute Gasteiger partial charge is 0.294 e. The summed E-state index contributed by atoms with van der Waals surface area (Å²) >= 11 is 7.54. The van der Waals surface area contributed by atoms with Gasteiger partial charge in [0.15, 0.2) is 0 Å². The number of halogens is 1. The number of nitrogens with zero attached hydrogens (tertiary/aromatic N) is 3. The number of rotatable bonds is 4. The van der Waals surface area contributed by atoms with Crippen molar-refractivity contribution in [2.75, 3.05) is 32.4 Å². The molecule has 1 aromatic carbocycles. The van der Waals surface area contributed by atoms with E-state index in [1.54, 1.807) is 11.3 Å².